The van der Waals surface area contributed by atoms with Crippen LogP contribution in [0.3, 0.4) is 0 Å². The summed E-state index contributed by atoms with van der Waals surface area (Å²) in [6.45, 7) is 6.66. The van der Waals surface area contributed by atoms with E-state index in [4.69, 9.17) is 14.2 Å². The fraction of sp³-hybridized carbons (Fsp3) is 0.619. The molecule has 1 fully saturated rings. The molecule has 0 aromatic heterocycles. The van der Waals surface area contributed by atoms with Crippen LogP contribution in [0.5, 0.6) is 11.5 Å². The van der Waals surface area contributed by atoms with E-state index < -0.39 is 6.04 Å². The average Bonchev–Trinajstić information content (AvgIpc) is 2.70. The molecular formula is C21H33N3O5. The molecule has 1 atom stereocenters. The van der Waals surface area contributed by atoms with Crippen molar-refractivity contribution >= 4 is 11.8 Å². The normalized spacial score (nSPS) is 17.2. The van der Waals surface area contributed by atoms with Crippen LogP contribution in [-0.4, -0.2) is 81.3 Å². The number of piperazine rings is 1. The summed E-state index contributed by atoms with van der Waals surface area (Å²) in [7, 11) is 4.82. The van der Waals surface area contributed by atoms with Crippen LogP contribution >= 0.6 is 0 Å². The Morgan fingerprint density at radius 1 is 1.21 bits per heavy atom. The van der Waals surface area contributed by atoms with Crippen molar-refractivity contribution in [1.29, 1.82) is 0 Å². The summed E-state index contributed by atoms with van der Waals surface area (Å²) in [6, 6.07) is 5.18. The number of methoxy groups -OCH3 is 3. The van der Waals surface area contributed by atoms with Crippen LogP contribution in [0.2, 0.25) is 0 Å². The molecule has 1 unspecified atom stereocenters. The van der Waals surface area contributed by atoms with Gasteiger partial charge in [0.05, 0.1) is 33.3 Å². The van der Waals surface area contributed by atoms with Gasteiger partial charge in [0.15, 0.2) is 0 Å². The molecule has 0 bridgehead atoms. The molecule has 1 aromatic carbocycles. The van der Waals surface area contributed by atoms with E-state index in [1.807, 2.05) is 36.9 Å². The maximum atomic E-state index is 12.9. The lowest BCUT2D eigenvalue weighted by Crippen LogP contribution is -2.56. The number of ether oxygens (including phenoxy) is 3. The Morgan fingerprint density at radius 2 is 1.86 bits per heavy atom. The second kappa shape index (κ2) is 11.0. The molecule has 1 aliphatic heterocycles. The molecule has 0 saturated carbocycles. The van der Waals surface area contributed by atoms with Gasteiger partial charge in [0.2, 0.25) is 11.8 Å². The zero-order valence-corrected chi connectivity index (χ0v) is 18.1. The fourth-order valence-electron chi connectivity index (χ4n) is 3.51. The highest BCUT2D eigenvalue weighted by Crippen LogP contribution is 2.25. The molecule has 1 aromatic rings. The number of hydrogen-bond donors (Lipinski definition) is 1. The van der Waals surface area contributed by atoms with Crippen LogP contribution in [0, 0.1) is 0 Å². The van der Waals surface area contributed by atoms with Gasteiger partial charge in [0.25, 0.3) is 0 Å². The van der Waals surface area contributed by atoms with Gasteiger partial charge in [0, 0.05) is 45.4 Å². The topological polar surface area (TPSA) is 80.3 Å². The number of nitrogens with one attached hydrogen (secondary N) is 1. The molecular weight excluding hydrogens is 374 g/mol. The van der Waals surface area contributed by atoms with Crippen molar-refractivity contribution in [2.45, 2.75) is 38.9 Å². The number of rotatable bonds is 10. The zero-order chi connectivity index (χ0) is 21.4. The summed E-state index contributed by atoms with van der Waals surface area (Å²) < 4.78 is 15.8. The second-order valence-electron chi connectivity index (χ2n) is 7.38. The average molecular weight is 408 g/mol. The summed E-state index contributed by atoms with van der Waals surface area (Å²) in [6.07, 6.45) is 0.134. The van der Waals surface area contributed by atoms with Gasteiger partial charge < -0.3 is 24.4 Å². The van der Waals surface area contributed by atoms with E-state index >= 15 is 0 Å². The third kappa shape index (κ3) is 6.33. The Morgan fingerprint density at radius 3 is 2.41 bits per heavy atom. The van der Waals surface area contributed by atoms with E-state index in [0.29, 0.717) is 44.3 Å². The van der Waals surface area contributed by atoms with Crippen LogP contribution in [0.25, 0.3) is 0 Å². The van der Waals surface area contributed by atoms with Crippen LogP contribution in [0.15, 0.2) is 18.2 Å². The van der Waals surface area contributed by atoms with Crippen LogP contribution in [0.4, 0.5) is 0 Å². The van der Waals surface area contributed by atoms with Gasteiger partial charge in [0.1, 0.15) is 11.5 Å². The number of nitrogens with zero attached hydrogens (tertiary/aromatic N) is 2. The van der Waals surface area contributed by atoms with E-state index in [1.54, 1.807) is 26.2 Å². The first-order valence-corrected chi connectivity index (χ1v) is 9.91. The van der Waals surface area contributed by atoms with Gasteiger partial charge in [-0.05, 0) is 31.5 Å². The molecule has 8 nitrogen and oxygen atoms in total. The number of carbonyl (C=O) groups excluding carboxylic acids is 2. The van der Waals surface area contributed by atoms with Gasteiger partial charge in [-0.2, -0.15) is 0 Å². The quantitative estimate of drug-likeness (QED) is 0.629. The first-order valence-electron chi connectivity index (χ1n) is 9.91. The molecule has 0 spiro atoms. The standard InChI is InChI=1S/C21H33N3O5/c1-15(2)24(8-9-27-3)20(25)13-19-21(26)22-6-7-23(19)14-16-10-17(28-4)12-18(11-16)29-5/h10-12,15,19H,6-9,13-14H2,1-5H3,(H,22,26). The van der Waals surface area contributed by atoms with Crippen molar-refractivity contribution < 1.29 is 23.8 Å². The molecule has 1 N–H and O–H groups in total. The third-order valence-electron chi connectivity index (χ3n) is 5.09. The molecule has 29 heavy (non-hydrogen) atoms. The first kappa shape index (κ1) is 23.0. The van der Waals surface area contributed by atoms with E-state index in [0.717, 1.165) is 5.56 Å². The minimum atomic E-state index is -0.516. The van der Waals surface area contributed by atoms with Crippen LogP contribution < -0.4 is 14.8 Å². The van der Waals surface area contributed by atoms with Crippen molar-refractivity contribution in [3.05, 3.63) is 23.8 Å². The molecule has 1 heterocycles. The smallest absolute Gasteiger partial charge is 0.237 e. The summed E-state index contributed by atoms with van der Waals surface area (Å²) in [5.74, 6) is 1.22. The lowest BCUT2D eigenvalue weighted by Gasteiger charge is -2.36. The molecule has 1 aliphatic rings. The number of carbonyl (C=O) groups is 2. The summed E-state index contributed by atoms with van der Waals surface area (Å²) in [5, 5.41) is 2.88. The predicted molar refractivity (Wildman–Crippen MR) is 110 cm³/mol. The zero-order valence-electron chi connectivity index (χ0n) is 18.1. The minimum absolute atomic E-state index is 0.0420. The molecule has 2 rings (SSSR count). The fourth-order valence-corrected chi connectivity index (χ4v) is 3.51. The van der Waals surface area contributed by atoms with E-state index in [2.05, 4.69) is 5.32 Å². The van der Waals surface area contributed by atoms with Gasteiger partial charge in [-0.3, -0.25) is 14.5 Å². The molecule has 1 saturated heterocycles. The highest BCUT2D eigenvalue weighted by Gasteiger charge is 2.33. The van der Waals surface area contributed by atoms with Gasteiger partial charge >= 0.3 is 0 Å². The Kier molecular flexibility index (Phi) is 8.72. The van der Waals surface area contributed by atoms with Crippen molar-refractivity contribution in [1.82, 2.24) is 15.1 Å². The van der Waals surface area contributed by atoms with Gasteiger partial charge in [-0.15, -0.1) is 0 Å². The van der Waals surface area contributed by atoms with Crippen molar-refractivity contribution in [3.8, 4) is 11.5 Å². The van der Waals surface area contributed by atoms with Crippen molar-refractivity contribution in [2.24, 2.45) is 0 Å². The minimum Gasteiger partial charge on any atom is -0.497 e. The first-order chi connectivity index (χ1) is 13.9. The van der Waals surface area contributed by atoms with Gasteiger partial charge in [-0.1, -0.05) is 0 Å². The Hall–Kier alpha value is -2.32. The van der Waals surface area contributed by atoms with Gasteiger partial charge in [-0.25, -0.2) is 0 Å². The Balaban J connectivity index is 2.16. The molecule has 162 valence electrons. The molecule has 2 amide bonds. The summed E-state index contributed by atoms with van der Waals surface area (Å²) in [4.78, 5) is 29.3. The highest BCUT2D eigenvalue weighted by molar-refractivity contribution is 5.89. The second-order valence-corrected chi connectivity index (χ2v) is 7.38. The lowest BCUT2D eigenvalue weighted by atomic mass is 10.1. The predicted octanol–water partition coefficient (Wildman–Crippen LogP) is 1.28. The maximum absolute atomic E-state index is 12.9. The van der Waals surface area contributed by atoms with Crippen LogP contribution in [-0.2, 0) is 20.9 Å². The van der Waals surface area contributed by atoms with Crippen molar-refractivity contribution in [3.63, 3.8) is 0 Å². The monoisotopic (exact) mass is 407 g/mol. The van der Waals surface area contributed by atoms with E-state index in [1.165, 1.54) is 0 Å². The number of benzene rings is 1. The molecule has 0 aliphatic carbocycles. The largest absolute Gasteiger partial charge is 0.497 e. The Bertz CT molecular complexity index is 673. The molecule has 0 radical (unpaired) electrons. The van der Waals surface area contributed by atoms with E-state index in [-0.39, 0.29) is 24.3 Å². The Labute approximate surface area is 173 Å². The SMILES string of the molecule is COCCN(C(=O)CC1C(=O)NCCN1Cc1cc(OC)cc(OC)c1)C(C)C. The third-order valence-corrected chi connectivity index (χ3v) is 5.09. The number of amides is 2. The van der Waals surface area contributed by atoms with Crippen molar-refractivity contribution in [2.75, 3.05) is 47.6 Å². The van der Waals surface area contributed by atoms with Crippen LogP contribution in [0.1, 0.15) is 25.8 Å². The number of hydrogen-bond acceptors (Lipinski definition) is 6. The van der Waals surface area contributed by atoms with E-state index in [9.17, 15) is 9.59 Å². The maximum Gasteiger partial charge on any atom is 0.237 e. The highest BCUT2D eigenvalue weighted by atomic mass is 16.5. The molecule has 8 heteroatoms. The lowest BCUT2D eigenvalue weighted by molar-refractivity contribution is -0.140. The summed E-state index contributed by atoms with van der Waals surface area (Å²) >= 11 is 0. The summed E-state index contributed by atoms with van der Waals surface area (Å²) in [5.41, 5.74) is 0.966.